The highest BCUT2D eigenvalue weighted by Crippen LogP contribution is 2.08. The molecule has 0 aliphatic carbocycles. The maximum absolute atomic E-state index is 11.4. The van der Waals surface area contributed by atoms with Crippen LogP contribution in [0.4, 0.5) is 0 Å². The summed E-state index contributed by atoms with van der Waals surface area (Å²) < 4.78 is 4.71. The van der Waals surface area contributed by atoms with E-state index in [9.17, 15) is 4.79 Å². The number of hydrogen-bond donors (Lipinski definition) is 2. The Morgan fingerprint density at radius 1 is 1.22 bits per heavy atom. The first-order chi connectivity index (χ1) is 12.6. The average molecular weight is 502 g/mol. The predicted molar refractivity (Wildman–Crippen MR) is 121 cm³/mol. The van der Waals surface area contributed by atoms with Crippen LogP contribution in [0.5, 0.6) is 0 Å². The molecule has 0 bridgehead atoms. The van der Waals surface area contributed by atoms with Gasteiger partial charge in [-0.1, -0.05) is 12.1 Å². The molecular weight excluding hydrogens is 475 g/mol. The number of halogens is 1. The number of guanidine groups is 1. The van der Waals surface area contributed by atoms with Gasteiger partial charge >= 0.3 is 5.97 Å². The number of aliphatic imine (C=N–C) groups is 1. The number of nitrogens with zero attached hydrogens (tertiary/aromatic N) is 2. The fourth-order valence-corrected chi connectivity index (χ4v) is 3.04. The maximum atomic E-state index is 11.4. The lowest BCUT2D eigenvalue weighted by atomic mass is 10.1. The Hall–Kier alpha value is -1.68. The summed E-state index contributed by atoms with van der Waals surface area (Å²) in [6.45, 7) is 6.34. The van der Waals surface area contributed by atoms with Gasteiger partial charge in [-0.2, -0.15) is 0 Å². The van der Waals surface area contributed by atoms with E-state index in [0.717, 1.165) is 48.2 Å². The number of esters is 1. The molecule has 0 fully saturated rings. The van der Waals surface area contributed by atoms with Gasteiger partial charge in [0.1, 0.15) is 0 Å². The first-order valence-electron chi connectivity index (χ1n) is 8.72. The zero-order valence-corrected chi connectivity index (χ0v) is 19.1. The second-order valence-corrected chi connectivity index (χ2v) is 6.80. The van der Waals surface area contributed by atoms with E-state index in [4.69, 9.17) is 4.74 Å². The lowest BCUT2D eigenvalue weighted by Gasteiger charge is -2.11. The molecule has 0 unspecified atom stereocenters. The number of aryl methyl sites for hydroxylation is 1. The highest BCUT2D eigenvalue weighted by molar-refractivity contribution is 14.0. The van der Waals surface area contributed by atoms with Crippen LogP contribution in [0.15, 0.2) is 34.6 Å². The van der Waals surface area contributed by atoms with Crippen LogP contribution >= 0.6 is 35.3 Å². The topological polar surface area (TPSA) is 75.6 Å². The third-order valence-corrected chi connectivity index (χ3v) is 4.55. The Balaban J connectivity index is 0.00000364. The van der Waals surface area contributed by atoms with Gasteiger partial charge in [0.05, 0.1) is 23.4 Å². The van der Waals surface area contributed by atoms with E-state index < -0.39 is 0 Å². The summed E-state index contributed by atoms with van der Waals surface area (Å²) in [5.41, 5.74) is 2.81. The van der Waals surface area contributed by atoms with Crippen molar-refractivity contribution < 1.29 is 9.53 Å². The smallest absolute Gasteiger partial charge is 0.337 e. The zero-order chi connectivity index (χ0) is 18.8. The van der Waals surface area contributed by atoms with Crippen LogP contribution in [0.2, 0.25) is 0 Å². The van der Waals surface area contributed by atoms with Crippen molar-refractivity contribution >= 4 is 47.2 Å². The number of carbonyl (C=O) groups excluding carboxylic acids is 1. The van der Waals surface area contributed by atoms with Gasteiger partial charge in [-0.05, 0) is 38.0 Å². The number of ether oxygens (including phenoxy) is 1. The highest BCUT2D eigenvalue weighted by Gasteiger charge is 2.04. The Labute approximate surface area is 181 Å². The molecule has 6 nitrogen and oxygen atoms in total. The van der Waals surface area contributed by atoms with Crippen LogP contribution < -0.4 is 10.6 Å². The number of thiazole rings is 1. The van der Waals surface area contributed by atoms with Crippen LogP contribution in [0.3, 0.4) is 0 Å². The summed E-state index contributed by atoms with van der Waals surface area (Å²) in [5.74, 6) is 0.497. The molecule has 8 heteroatoms. The molecule has 0 radical (unpaired) electrons. The molecule has 2 aromatic rings. The highest BCUT2D eigenvalue weighted by atomic mass is 127. The van der Waals surface area contributed by atoms with E-state index in [0.29, 0.717) is 12.1 Å². The standard InChI is InChI=1S/C19H26N4O2S.HI/c1-4-20-19(22-12-10-17-13-26-14(2)23-17)21-11-9-15-5-7-16(8-6-15)18(24)25-3;/h5-8,13H,4,9-12H2,1-3H3,(H2,20,21,22);1H. The minimum atomic E-state index is -0.313. The fourth-order valence-electron chi connectivity index (χ4n) is 2.40. The summed E-state index contributed by atoms with van der Waals surface area (Å²) in [7, 11) is 1.39. The van der Waals surface area contributed by atoms with Gasteiger partial charge in [-0.3, -0.25) is 4.99 Å². The molecule has 0 saturated heterocycles. The average Bonchev–Trinajstić information content (AvgIpc) is 3.07. The second-order valence-electron chi connectivity index (χ2n) is 5.73. The SMILES string of the molecule is CCNC(=NCCc1csc(C)n1)NCCc1ccc(C(=O)OC)cc1.I. The van der Waals surface area contributed by atoms with Gasteiger partial charge in [0.15, 0.2) is 5.96 Å². The second kappa shape index (κ2) is 12.7. The molecule has 2 N–H and O–H groups in total. The number of hydrogen-bond acceptors (Lipinski definition) is 5. The first kappa shape index (κ1) is 23.4. The molecule has 2 rings (SSSR count). The molecule has 1 aromatic heterocycles. The zero-order valence-electron chi connectivity index (χ0n) is 15.9. The molecule has 0 atom stereocenters. The largest absolute Gasteiger partial charge is 0.465 e. The minimum absolute atomic E-state index is 0. The van der Waals surface area contributed by atoms with Crippen molar-refractivity contribution in [3.63, 3.8) is 0 Å². The summed E-state index contributed by atoms with van der Waals surface area (Å²) in [6, 6.07) is 7.47. The maximum Gasteiger partial charge on any atom is 0.337 e. The summed E-state index contributed by atoms with van der Waals surface area (Å²) >= 11 is 1.67. The van der Waals surface area contributed by atoms with Crippen LogP contribution in [-0.4, -0.2) is 43.7 Å². The van der Waals surface area contributed by atoms with Gasteiger partial charge in [0, 0.05) is 31.4 Å². The van der Waals surface area contributed by atoms with Crippen molar-refractivity contribution in [1.29, 1.82) is 0 Å². The van der Waals surface area contributed by atoms with E-state index in [-0.39, 0.29) is 29.9 Å². The lowest BCUT2D eigenvalue weighted by molar-refractivity contribution is 0.0600. The Kier molecular flexibility index (Phi) is 11.0. The minimum Gasteiger partial charge on any atom is -0.465 e. The van der Waals surface area contributed by atoms with E-state index in [1.807, 2.05) is 26.0 Å². The quantitative estimate of drug-likeness (QED) is 0.251. The van der Waals surface area contributed by atoms with Gasteiger partial charge < -0.3 is 15.4 Å². The molecule has 1 heterocycles. The van der Waals surface area contributed by atoms with E-state index in [2.05, 4.69) is 26.0 Å². The third-order valence-electron chi connectivity index (χ3n) is 3.73. The normalized spacial score (nSPS) is 10.9. The molecule has 148 valence electrons. The van der Waals surface area contributed by atoms with E-state index in [1.54, 1.807) is 23.5 Å². The van der Waals surface area contributed by atoms with Crippen molar-refractivity contribution in [1.82, 2.24) is 15.6 Å². The molecule has 27 heavy (non-hydrogen) atoms. The number of methoxy groups -OCH3 is 1. The Morgan fingerprint density at radius 2 is 1.96 bits per heavy atom. The van der Waals surface area contributed by atoms with Crippen molar-refractivity contribution in [2.24, 2.45) is 4.99 Å². The van der Waals surface area contributed by atoms with Crippen molar-refractivity contribution in [2.75, 3.05) is 26.7 Å². The van der Waals surface area contributed by atoms with Gasteiger partial charge in [-0.15, -0.1) is 35.3 Å². The summed E-state index contributed by atoms with van der Waals surface area (Å²) in [5, 5.41) is 9.77. The first-order valence-corrected chi connectivity index (χ1v) is 9.60. The van der Waals surface area contributed by atoms with E-state index >= 15 is 0 Å². The molecule has 0 saturated carbocycles. The monoisotopic (exact) mass is 502 g/mol. The van der Waals surface area contributed by atoms with Crippen molar-refractivity contribution in [3.8, 4) is 0 Å². The molecular formula is C19H27IN4O2S. The molecule has 0 amide bonds. The number of nitrogens with one attached hydrogen (secondary N) is 2. The van der Waals surface area contributed by atoms with Gasteiger partial charge in [0.25, 0.3) is 0 Å². The van der Waals surface area contributed by atoms with Gasteiger partial charge in [-0.25, -0.2) is 9.78 Å². The number of benzene rings is 1. The van der Waals surface area contributed by atoms with Crippen LogP contribution in [0.1, 0.15) is 33.5 Å². The predicted octanol–water partition coefficient (Wildman–Crippen LogP) is 3.20. The Morgan fingerprint density at radius 3 is 2.56 bits per heavy atom. The summed E-state index contributed by atoms with van der Waals surface area (Å²) in [6.07, 6.45) is 1.69. The number of rotatable bonds is 8. The lowest BCUT2D eigenvalue weighted by Crippen LogP contribution is -2.38. The number of aromatic nitrogens is 1. The Bertz CT molecular complexity index is 732. The fraction of sp³-hybridized carbons (Fsp3) is 0.421. The van der Waals surface area contributed by atoms with Crippen LogP contribution in [-0.2, 0) is 17.6 Å². The molecule has 0 aliphatic heterocycles. The van der Waals surface area contributed by atoms with Crippen LogP contribution in [0, 0.1) is 6.92 Å². The van der Waals surface area contributed by atoms with E-state index in [1.165, 1.54) is 7.11 Å². The molecule has 0 aliphatic rings. The number of carbonyl (C=O) groups is 1. The molecule has 1 aromatic carbocycles. The van der Waals surface area contributed by atoms with Crippen molar-refractivity contribution in [2.45, 2.75) is 26.7 Å². The van der Waals surface area contributed by atoms with Crippen LogP contribution in [0.25, 0.3) is 0 Å². The third kappa shape index (κ3) is 8.25. The van der Waals surface area contributed by atoms with Gasteiger partial charge in [0.2, 0.25) is 0 Å². The molecule has 0 spiro atoms. The summed E-state index contributed by atoms with van der Waals surface area (Å²) in [4.78, 5) is 20.5. The van der Waals surface area contributed by atoms with Crippen molar-refractivity contribution in [3.05, 3.63) is 51.5 Å².